The Hall–Kier alpha value is -1.26. The van der Waals surface area contributed by atoms with Gasteiger partial charge < -0.3 is 0 Å². The van der Waals surface area contributed by atoms with Crippen LogP contribution in [-0.2, 0) is 0 Å². The van der Waals surface area contributed by atoms with Crippen LogP contribution in [0.4, 0.5) is 0 Å². The second-order valence-corrected chi connectivity index (χ2v) is 6.08. The molecule has 0 bridgehead atoms. The first kappa shape index (κ1) is 12.8. The number of aryl methyl sites for hydroxylation is 1. The third kappa shape index (κ3) is 2.55. The number of hydrogen-bond donors (Lipinski definition) is 0. The van der Waals surface area contributed by atoms with Crippen LogP contribution in [0.15, 0.2) is 51.5 Å². The second-order valence-electron chi connectivity index (χ2n) is 4.38. The van der Waals surface area contributed by atoms with E-state index in [0.29, 0.717) is 0 Å². The topological polar surface area (TPSA) is 25.8 Å². The predicted octanol–water partition coefficient (Wildman–Crippen LogP) is 5.13. The van der Waals surface area contributed by atoms with E-state index in [4.69, 9.17) is 0 Å². The molecule has 4 heteroatoms. The summed E-state index contributed by atoms with van der Waals surface area (Å²) < 4.78 is 1.97. The number of fused-ring (bicyclic) bond motifs is 1. The Morgan fingerprint density at radius 1 is 0.895 bits per heavy atom. The highest BCUT2D eigenvalue weighted by molar-refractivity contribution is 9.13. The molecular weight excluding hydrogens is 368 g/mol. The molecule has 1 heterocycles. The Morgan fingerprint density at radius 2 is 1.53 bits per heavy atom. The Morgan fingerprint density at radius 3 is 2.21 bits per heavy atom. The van der Waals surface area contributed by atoms with Crippen LogP contribution < -0.4 is 0 Å². The van der Waals surface area contributed by atoms with Crippen LogP contribution in [0.25, 0.3) is 22.3 Å². The maximum absolute atomic E-state index is 4.66. The summed E-state index contributed by atoms with van der Waals surface area (Å²) in [5, 5.41) is 0. The SMILES string of the molecule is Cc1ccc(-c2cnc3cc(Br)c(Br)cc3n2)cc1. The quantitative estimate of drug-likeness (QED) is 0.587. The van der Waals surface area contributed by atoms with Crippen molar-refractivity contribution in [3.8, 4) is 11.3 Å². The summed E-state index contributed by atoms with van der Waals surface area (Å²) in [5.74, 6) is 0. The van der Waals surface area contributed by atoms with Crippen molar-refractivity contribution in [2.45, 2.75) is 6.92 Å². The zero-order valence-electron chi connectivity index (χ0n) is 10.2. The highest BCUT2D eigenvalue weighted by atomic mass is 79.9. The molecule has 0 saturated carbocycles. The molecule has 0 fully saturated rings. The Labute approximate surface area is 128 Å². The monoisotopic (exact) mass is 376 g/mol. The summed E-state index contributed by atoms with van der Waals surface area (Å²) in [6, 6.07) is 12.2. The molecule has 3 rings (SSSR count). The summed E-state index contributed by atoms with van der Waals surface area (Å²) in [5.41, 5.74) is 4.98. The van der Waals surface area contributed by atoms with Crippen LogP contribution >= 0.6 is 31.9 Å². The fourth-order valence-electron chi connectivity index (χ4n) is 1.87. The van der Waals surface area contributed by atoms with Gasteiger partial charge in [-0.25, -0.2) is 4.98 Å². The van der Waals surface area contributed by atoms with E-state index in [1.54, 1.807) is 0 Å². The fourth-order valence-corrected chi connectivity index (χ4v) is 2.53. The van der Waals surface area contributed by atoms with E-state index >= 15 is 0 Å². The lowest BCUT2D eigenvalue weighted by Gasteiger charge is -2.04. The smallest absolute Gasteiger partial charge is 0.0906 e. The van der Waals surface area contributed by atoms with Crippen molar-refractivity contribution in [1.29, 1.82) is 0 Å². The summed E-state index contributed by atoms with van der Waals surface area (Å²) >= 11 is 6.97. The first-order valence-corrected chi connectivity index (χ1v) is 7.41. The molecule has 0 saturated heterocycles. The summed E-state index contributed by atoms with van der Waals surface area (Å²) in [4.78, 5) is 9.13. The first-order valence-electron chi connectivity index (χ1n) is 5.82. The fraction of sp³-hybridized carbons (Fsp3) is 0.0667. The summed E-state index contributed by atoms with van der Waals surface area (Å²) in [7, 11) is 0. The van der Waals surface area contributed by atoms with Crippen molar-refractivity contribution in [3.63, 3.8) is 0 Å². The molecular formula is C15H10Br2N2. The second kappa shape index (κ2) is 5.02. The molecule has 1 aromatic heterocycles. The number of rotatable bonds is 1. The van der Waals surface area contributed by atoms with E-state index in [-0.39, 0.29) is 0 Å². The van der Waals surface area contributed by atoms with Crippen LogP contribution in [0.3, 0.4) is 0 Å². The molecule has 0 aliphatic carbocycles. The Balaban J connectivity index is 2.16. The third-order valence-corrected chi connectivity index (χ3v) is 4.78. The van der Waals surface area contributed by atoms with E-state index in [0.717, 1.165) is 31.2 Å². The van der Waals surface area contributed by atoms with Crippen molar-refractivity contribution in [2.75, 3.05) is 0 Å². The molecule has 0 N–H and O–H groups in total. The van der Waals surface area contributed by atoms with Crippen LogP contribution in [0.5, 0.6) is 0 Å². The largest absolute Gasteiger partial charge is 0.252 e. The minimum atomic E-state index is 0.880. The van der Waals surface area contributed by atoms with Crippen molar-refractivity contribution in [1.82, 2.24) is 9.97 Å². The van der Waals surface area contributed by atoms with E-state index < -0.39 is 0 Å². The van der Waals surface area contributed by atoms with Gasteiger partial charge in [-0.05, 0) is 50.9 Å². The van der Waals surface area contributed by atoms with Crippen LogP contribution in [-0.4, -0.2) is 9.97 Å². The molecule has 0 aliphatic heterocycles. The first-order chi connectivity index (χ1) is 9.13. The summed E-state index contributed by atoms with van der Waals surface area (Å²) in [6.07, 6.45) is 1.81. The molecule has 0 spiro atoms. The van der Waals surface area contributed by atoms with E-state index in [9.17, 15) is 0 Å². The lowest BCUT2D eigenvalue weighted by molar-refractivity contribution is 1.28. The van der Waals surface area contributed by atoms with Gasteiger partial charge in [-0.15, -0.1) is 0 Å². The predicted molar refractivity (Wildman–Crippen MR) is 85.1 cm³/mol. The van der Waals surface area contributed by atoms with Gasteiger partial charge in [0, 0.05) is 14.5 Å². The van der Waals surface area contributed by atoms with Crippen molar-refractivity contribution < 1.29 is 0 Å². The molecule has 0 unspecified atom stereocenters. The van der Waals surface area contributed by atoms with Gasteiger partial charge in [0.1, 0.15) is 0 Å². The highest BCUT2D eigenvalue weighted by Gasteiger charge is 2.05. The van der Waals surface area contributed by atoms with Crippen LogP contribution in [0, 0.1) is 6.92 Å². The van der Waals surface area contributed by atoms with E-state index in [2.05, 4.69) is 73.0 Å². The average Bonchev–Trinajstić information content (AvgIpc) is 2.40. The van der Waals surface area contributed by atoms with E-state index in [1.165, 1.54) is 5.56 Å². The van der Waals surface area contributed by atoms with Gasteiger partial charge in [0.05, 0.1) is 22.9 Å². The third-order valence-electron chi connectivity index (χ3n) is 2.93. The maximum atomic E-state index is 4.66. The molecule has 19 heavy (non-hydrogen) atoms. The van der Waals surface area contributed by atoms with Gasteiger partial charge in [-0.1, -0.05) is 29.8 Å². The number of hydrogen-bond acceptors (Lipinski definition) is 2. The zero-order valence-corrected chi connectivity index (χ0v) is 13.4. The van der Waals surface area contributed by atoms with Crippen LogP contribution in [0.1, 0.15) is 5.56 Å². The van der Waals surface area contributed by atoms with Gasteiger partial charge >= 0.3 is 0 Å². The molecule has 0 atom stereocenters. The minimum absolute atomic E-state index is 0.880. The maximum Gasteiger partial charge on any atom is 0.0906 e. The average molecular weight is 378 g/mol. The molecule has 0 aliphatic rings. The zero-order chi connectivity index (χ0) is 13.4. The number of benzene rings is 2. The molecule has 0 radical (unpaired) electrons. The van der Waals surface area contributed by atoms with Gasteiger partial charge in [-0.3, -0.25) is 4.98 Å². The van der Waals surface area contributed by atoms with Crippen molar-refractivity contribution in [3.05, 3.63) is 57.1 Å². The lowest BCUT2D eigenvalue weighted by Crippen LogP contribution is -1.89. The molecule has 3 aromatic rings. The highest BCUT2D eigenvalue weighted by Crippen LogP contribution is 2.28. The molecule has 0 amide bonds. The number of halogens is 2. The Bertz CT molecular complexity index is 752. The van der Waals surface area contributed by atoms with Gasteiger partial charge in [0.15, 0.2) is 0 Å². The minimum Gasteiger partial charge on any atom is -0.252 e. The van der Waals surface area contributed by atoms with Gasteiger partial charge in [-0.2, -0.15) is 0 Å². The lowest BCUT2D eigenvalue weighted by atomic mass is 10.1. The molecule has 2 nitrogen and oxygen atoms in total. The molecule has 2 aromatic carbocycles. The molecule has 94 valence electrons. The summed E-state index contributed by atoms with van der Waals surface area (Å²) in [6.45, 7) is 2.07. The standard InChI is InChI=1S/C15H10Br2N2/c1-9-2-4-10(5-3-9)15-8-18-13-6-11(16)12(17)7-14(13)19-15/h2-8H,1H3. The number of nitrogens with zero attached hydrogens (tertiary/aromatic N) is 2. The Kier molecular flexibility index (Phi) is 3.37. The van der Waals surface area contributed by atoms with Gasteiger partial charge in [0.25, 0.3) is 0 Å². The van der Waals surface area contributed by atoms with Gasteiger partial charge in [0.2, 0.25) is 0 Å². The van der Waals surface area contributed by atoms with E-state index in [1.807, 2.05) is 18.3 Å². The number of aromatic nitrogens is 2. The van der Waals surface area contributed by atoms with Crippen LogP contribution in [0.2, 0.25) is 0 Å². The van der Waals surface area contributed by atoms with Crippen molar-refractivity contribution in [2.24, 2.45) is 0 Å². The van der Waals surface area contributed by atoms with Crippen molar-refractivity contribution >= 4 is 42.9 Å². The normalized spacial score (nSPS) is 10.9.